The fourth-order valence-corrected chi connectivity index (χ4v) is 3.00. The summed E-state index contributed by atoms with van der Waals surface area (Å²) in [6.45, 7) is 3.62. The van der Waals surface area contributed by atoms with Crippen LogP contribution in [-0.2, 0) is 0 Å². The summed E-state index contributed by atoms with van der Waals surface area (Å²) < 4.78 is 12.8. The van der Waals surface area contributed by atoms with Crippen molar-refractivity contribution >= 4 is 11.6 Å². The van der Waals surface area contributed by atoms with Gasteiger partial charge in [-0.2, -0.15) is 24.6 Å². The van der Waals surface area contributed by atoms with E-state index in [1.807, 2.05) is 13.0 Å². The molecule has 1 atom stereocenters. The molecule has 3 aromatic heterocycles. The van der Waals surface area contributed by atoms with Crippen molar-refractivity contribution in [1.82, 2.24) is 29.5 Å². The van der Waals surface area contributed by atoms with Crippen LogP contribution in [0.2, 0.25) is 0 Å². The number of fused-ring (bicyclic) bond motifs is 1. The van der Waals surface area contributed by atoms with Gasteiger partial charge in [0.2, 0.25) is 0 Å². The third-order valence-electron chi connectivity index (χ3n) is 4.18. The summed E-state index contributed by atoms with van der Waals surface area (Å²) in [4.78, 5) is 19.2. The second kappa shape index (κ2) is 6.50. The fraction of sp³-hybridized carbons (Fsp3) is 0.438. The Bertz CT molecular complexity index is 865. The van der Waals surface area contributed by atoms with Crippen molar-refractivity contribution < 1.29 is 9.47 Å². The molecule has 25 heavy (non-hydrogen) atoms. The molecule has 0 bridgehead atoms. The van der Waals surface area contributed by atoms with Crippen molar-refractivity contribution in [1.29, 1.82) is 0 Å². The third kappa shape index (κ3) is 3.17. The molecule has 0 aromatic carbocycles. The standard InChI is InChI=1S/C16H19N7O2/c1-11-6-14(23-15(21-11)19-10-20-23)22-5-3-4-12(9-22)25-16-17-7-13(24-2)8-18-16/h6-8,10,12H,3-5,9H2,1-2H3. The van der Waals surface area contributed by atoms with Crippen molar-refractivity contribution in [2.24, 2.45) is 0 Å². The minimum atomic E-state index is 0.00851. The van der Waals surface area contributed by atoms with Crippen LogP contribution in [-0.4, -0.2) is 55.9 Å². The summed E-state index contributed by atoms with van der Waals surface area (Å²) >= 11 is 0. The lowest BCUT2D eigenvalue weighted by atomic mass is 10.1. The molecule has 4 heterocycles. The van der Waals surface area contributed by atoms with Crippen molar-refractivity contribution in [3.63, 3.8) is 0 Å². The maximum Gasteiger partial charge on any atom is 0.316 e. The van der Waals surface area contributed by atoms with Crippen molar-refractivity contribution in [2.45, 2.75) is 25.9 Å². The smallest absolute Gasteiger partial charge is 0.316 e. The van der Waals surface area contributed by atoms with E-state index in [0.29, 0.717) is 17.5 Å². The number of piperidine rings is 1. The predicted molar refractivity (Wildman–Crippen MR) is 90.0 cm³/mol. The molecule has 9 nitrogen and oxygen atoms in total. The molecule has 4 rings (SSSR count). The van der Waals surface area contributed by atoms with Crippen LogP contribution in [0.25, 0.3) is 5.78 Å². The molecule has 3 aromatic rings. The van der Waals surface area contributed by atoms with Gasteiger partial charge in [-0.1, -0.05) is 0 Å². The third-order valence-corrected chi connectivity index (χ3v) is 4.18. The Morgan fingerprint density at radius 1 is 1.20 bits per heavy atom. The summed E-state index contributed by atoms with van der Waals surface area (Å²) in [5, 5.41) is 4.29. The number of ether oxygens (including phenoxy) is 2. The van der Waals surface area contributed by atoms with E-state index in [9.17, 15) is 0 Å². The Morgan fingerprint density at radius 3 is 2.84 bits per heavy atom. The number of hydrogen-bond acceptors (Lipinski definition) is 8. The molecular formula is C16H19N7O2. The molecule has 1 unspecified atom stereocenters. The van der Waals surface area contributed by atoms with Crippen LogP contribution >= 0.6 is 0 Å². The lowest BCUT2D eigenvalue weighted by Crippen LogP contribution is -2.42. The fourth-order valence-electron chi connectivity index (χ4n) is 3.00. The van der Waals surface area contributed by atoms with Crippen LogP contribution in [0.15, 0.2) is 24.8 Å². The SMILES string of the molecule is COc1cnc(OC2CCCN(c3cc(C)nc4ncnn34)C2)nc1. The predicted octanol–water partition coefficient (Wildman–Crippen LogP) is 1.28. The second-order valence-electron chi connectivity index (χ2n) is 5.96. The van der Waals surface area contributed by atoms with Crippen molar-refractivity contribution in [2.75, 3.05) is 25.1 Å². The monoisotopic (exact) mass is 341 g/mol. The maximum absolute atomic E-state index is 5.95. The second-order valence-corrected chi connectivity index (χ2v) is 5.96. The number of aromatic nitrogens is 6. The number of aryl methyl sites for hydroxylation is 1. The van der Waals surface area contributed by atoms with Crippen LogP contribution in [0, 0.1) is 6.92 Å². The van der Waals surface area contributed by atoms with Crippen LogP contribution in [0.1, 0.15) is 18.5 Å². The van der Waals surface area contributed by atoms with E-state index in [4.69, 9.17) is 9.47 Å². The van der Waals surface area contributed by atoms with Gasteiger partial charge in [0.15, 0.2) is 5.75 Å². The van der Waals surface area contributed by atoms with Crippen LogP contribution in [0.5, 0.6) is 11.8 Å². The normalized spacial score (nSPS) is 17.7. The summed E-state index contributed by atoms with van der Waals surface area (Å²) in [7, 11) is 1.58. The maximum atomic E-state index is 5.95. The van der Waals surface area contributed by atoms with Gasteiger partial charge in [0.25, 0.3) is 5.78 Å². The lowest BCUT2D eigenvalue weighted by Gasteiger charge is -2.33. The summed E-state index contributed by atoms with van der Waals surface area (Å²) in [5.74, 6) is 2.19. The Kier molecular flexibility index (Phi) is 4.04. The van der Waals surface area contributed by atoms with Crippen LogP contribution in [0.4, 0.5) is 5.82 Å². The molecule has 1 aliphatic heterocycles. The van der Waals surface area contributed by atoms with Gasteiger partial charge >= 0.3 is 6.01 Å². The first-order chi connectivity index (χ1) is 12.2. The molecule has 1 saturated heterocycles. The highest BCUT2D eigenvalue weighted by Gasteiger charge is 2.24. The van der Waals surface area contributed by atoms with Gasteiger partial charge in [0, 0.05) is 18.3 Å². The van der Waals surface area contributed by atoms with Crippen molar-refractivity contribution in [3.05, 3.63) is 30.5 Å². The van der Waals surface area contributed by atoms with Crippen molar-refractivity contribution in [3.8, 4) is 11.8 Å². The van der Waals surface area contributed by atoms with E-state index >= 15 is 0 Å². The van der Waals surface area contributed by atoms with Gasteiger partial charge in [-0.05, 0) is 19.8 Å². The summed E-state index contributed by atoms with van der Waals surface area (Å²) in [6, 6.07) is 2.39. The average molecular weight is 341 g/mol. The van der Waals surface area contributed by atoms with E-state index in [1.165, 1.54) is 6.33 Å². The zero-order valence-electron chi connectivity index (χ0n) is 14.2. The molecule has 1 fully saturated rings. The highest BCUT2D eigenvalue weighted by molar-refractivity contribution is 5.47. The lowest BCUT2D eigenvalue weighted by molar-refractivity contribution is 0.163. The Morgan fingerprint density at radius 2 is 2.04 bits per heavy atom. The van der Waals surface area contributed by atoms with Crippen LogP contribution in [0.3, 0.4) is 0 Å². The number of hydrogen-bond donors (Lipinski definition) is 0. The first-order valence-corrected chi connectivity index (χ1v) is 8.18. The average Bonchev–Trinajstić information content (AvgIpc) is 3.10. The molecule has 0 amide bonds. The molecule has 9 heteroatoms. The molecule has 1 aliphatic rings. The van der Waals surface area contributed by atoms with Gasteiger partial charge in [-0.25, -0.2) is 4.98 Å². The number of nitrogens with zero attached hydrogens (tertiary/aromatic N) is 7. The number of rotatable bonds is 4. The molecule has 0 radical (unpaired) electrons. The van der Waals surface area contributed by atoms with E-state index in [0.717, 1.165) is 37.4 Å². The van der Waals surface area contributed by atoms with Crippen LogP contribution < -0.4 is 14.4 Å². The van der Waals surface area contributed by atoms with Gasteiger partial charge in [-0.3, -0.25) is 0 Å². The summed E-state index contributed by atoms with van der Waals surface area (Å²) in [5.41, 5.74) is 0.914. The summed E-state index contributed by atoms with van der Waals surface area (Å²) in [6.07, 6.45) is 6.71. The first-order valence-electron chi connectivity index (χ1n) is 8.18. The molecular weight excluding hydrogens is 322 g/mol. The Hall–Kier alpha value is -2.97. The number of methoxy groups -OCH3 is 1. The van der Waals surface area contributed by atoms with Gasteiger partial charge in [0.1, 0.15) is 18.2 Å². The zero-order chi connectivity index (χ0) is 17.2. The van der Waals surface area contributed by atoms with Gasteiger partial charge in [-0.15, -0.1) is 0 Å². The Labute approximate surface area is 144 Å². The van der Waals surface area contributed by atoms with E-state index < -0.39 is 0 Å². The minimum absolute atomic E-state index is 0.00851. The van der Waals surface area contributed by atoms with E-state index in [1.54, 1.807) is 24.0 Å². The molecule has 0 aliphatic carbocycles. The zero-order valence-corrected chi connectivity index (χ0v) is 14.2. The largest absolute Gasteiger partial charge is 0.494 e. The molecule has 0 N–H and O–H groups in total. The molecule has 0 spiro atoms. The van der Waals surface area contributed by atoms with Gasteiger partial charge in [0.05, 0.1) is 26.0 Å². The van der Waals surface area contributed by atoms with Gasteiger partial charge < -0.3 is 14.4 Å². The van der Waals surface area contributed by atoms with E-state index in [2.05, 4.69) is 29.9 Å². The quantitative estimate of drug-likeness (QED) is 0.701. The number of anilines is 1. The molecule has 130 valence electrons. The highest BCUT2D eigenvalue weighted by Crippen LogP contribution is 2.23. The Balaban J connectivity index is 1.53. The molecule has 0 saturated carbocycles. The van der Waals surface area contributed by atoms with E-state index in [-0.39, 0.29) is 6.10 Å². The topological polar surface area (TPSA) is 90.6 Å². The minimum Gasteiger partial charge on any atom is -0.494 e. The first kappa shape index (κ1) is 15.6. The highest BCUT2D eigenvalue weighted by atomic mass is 16.5.